The van der Waals surface area contributed by atoms with Crippen LogP contribution in [0, 0.1) is 16.7 Å². The largest absolute Gasteiger partial charge is 0.469 e. The summed E-state index contributed by atoms with van der Waals surface area (Å²) in [4.78, 5) is 27.2. The SMILES string of the molecule is COC(=O)[C@@]12CN(C(=O)c3cc(-c4cccn4C)n[nH]3)C[C@@H]1C(C)(C)C2. The highest BCUT2D eigenvalue weighted by molar-refractivity contribution is 5.94. The van der Waals surface area contributed by atoms with E-state index in [4.69, 9.17) is 4.74 Å². The fourth-order valence-corrected chi connectivity index (χ4v) is 4.99. The Labute approximate surface area is 152 Å². The number of likely N-dealkylation sites (tertiary alicyclic amines) is 1. The minimum absolute atomic E-state index is 0.0331. The Morgan fingerprint density at radius 1 is 1.38 bits per heavy atom. The minimum Gasteiger partial charge on any atom is -0.469 e. The van der Waals surface area contributed by atoms with Gasteiger partial charge in [0.1, 0.15) is 11.4 Å². The normalized spacial score (nSPS) is 26.3. The number of esters is 1. The summed E-state index contributed by atoms with van der Waals surface area (Å²) in [5, 5.41) is 7.13. The Kier molecular flexibility index (Phi) is 3.54. The number of hydrogen-bond donors (Lipinski definition) is 1. The highest BCUT2D eigenvalue weighted by atomic mass is 16.5. The van der Waals surface area contributed by atoms with E-state index in [0.29, 0.717) is 18.8 Å². The molecule has 26 heavy (non-hydrogen) atoms. The maximum atomic E-state index is 13.0. The van der Waals surface area contributed by atoms with E-state index in [-0.39, 0.29) is 23.2 Å². The molecule has 0 spiro atoms. The summed E-state index contributed by atoms with van der Waals surface area (Å²) in [5.74, 6) is -0.195. The molecule has 4 rings (SSSR count). The molecule has 1 aliphatic heterocycles. The first kappa shape index (κ1) is 16.9. The maximum absolute atomic E-state index is 13.0. The van der Waals surface area contributed by atoms with Gasteiger partial charge >= 0.3 is 5.97 Å². The van der Waals surface area contributed by atoms with Gasteiger partial charge in [-0.15, -0.1) is 0 Å². The van der Waals surface area contributed by atoms with Crippen molar-refractivity contribution in [3.63, 3.8) is 0 Å². The summed E-state index contributed by atoms with van der Waals surface area (Å²) in [7, 11) is 3.36. The Morgan fingerprint density at radius 2 is 2.15 bits per heavy atom. The van der Waals surface area contributed by atoms with Crippen LogP contribution in [0.25, 0.3) is 11.4 Å². The lowest BCUT2D eigenvalue weighted by Crippen LogP contribution is -2.57. The quantitative estimate of drug-likeness (QED) is 0.854. The Hall–Kier alpha value is -2.57. The monoisotopic (exact) mass is 356 g/mol. The molecule has 2 fully saturated rings. The number of aromatic amines is 1. The molecule has 2 aromatic rings. The van der Waals surface area contributed by atoms with Crippen molar-refractivity contribution in [1.29, 1.82) is 0 Å². The summed E-state index contributed by atoms with van der Waals surface area (Å²) in [6, 6.07) is 5.66. The zero-order chi connectivity index (χ0) is 18.7. The molecule has 0 radical (unpaired) electrons. The fraction of sp³-hybridized carbons (Fsp3) is 0.526. The van der Waals surface area contributed by atoms with Crippen molar-refractivity contribution >= 4 is 11.9 Å². The number of methoxy groups -OCH3 is 1. The van der Waals surface area contributed by atoms with Gasteiger partial charge < -0.3 is 14.2 Å². The van der Waals surface area contributed by atoms with Gasteiger partial charge in [0.05, 0.1) is 18.2 Å². The number of carbonyl (C=O) groups excluding carboxylic acids is 2. The standard InChI is InChI=1S/C19H24N4O3/c1-18(2)10-19(17(25)26-4)11-23(9-15(18)19)16(24)13-8-12(20-21-13)14-6-5-7-22(14)3/h5-8,15H,9-11H2,1-4H3,(H,20,21)/t15-,19+/m1/s1. The first-order chi connectivity index (χ1) is 12.3. The maximum Gasteiger partial charge on any atom is 0.314 e. The van der Waals surface area contributed by atoms with E-state index in [1.54, 1.807) is 11.0 Å². The lowest BCUT2D eigenvalue weighted by molar-refractivity contribution is -0.174. The van der Waals surface area contributed by atoms with E-state index in [1.165, 1.54) is 7.11 Å². The average molecular weight is 356 g/mol. The van der Waals surface area contributed by atoms with Crippen LogP contribution in [-0.2, 0) is 16.6 Å². The number of aryl methyl sites for hydroxylation is 1. The third kappa shape index (κ3) is 2.22. The smallest absolute Gasteiger partial charge is 0.314 e. The van der Waals surface area contributed by atoms with E-state index in [2.05, 4.69) is 24.0 Å². The number of aromatic nitrogens is 3. The van der Waals surface area contributed by atoms with Gasteiger partial charge in [-0.25, -0.2) is 0 Å². The van der Waals surface area contributed by atoms with Gasteiger partial charge in [-0.3, -0.25) is 14.7 Å². The molecular weight excluding hydrogens is 332 g/mol. The van der Waals surface area contributed by atoms with E-state index in [9.17, 15) is 9.59 Å². The molecule has 2 aliphatic rings. The van der Waals surface area contributed by atoms with E-state index in [1.807, 2.05) is 29.9 Å². The lowest BCUT2D eigenvalue weighted by Gasteiger charge is -2.54. The van der Waals surface area contributed by atoms with E-state index >= 15 is 0 Å². The topological polar surface area (TPSA) is 80.2 Å². The predicted octanol–water partition coefficient (Wildman–Crippen LogP) is 2.08. The van der Waals surface area contributed by atoms with Crippen LogP contribution in [0.3, 0.4) is 0 Å². The molecule has 2 atom stereocenters. The number of nitrogens with one attached hydrogen (secondary N) is 1. The van der Waals surface area contributed by atoms with Crippen molar-refractivity contribution < 1.29 is 14.3 Å². The number of ether oxygens (including phenoxy) is 1. The minimum atomic E-state index is -0.561. The van der Waals surface area contributed by atoms with Crippen LogP contribution in [0.4, 0.5) is 0 Å². The van der Waals surface area contributed by atoms with Crippen molar-refractivity contribution in [3.8, 4) is 11.4 Å². The van der Waals surface area contributed by atoms with Crippen molar-refractivity contribution in [2.24, 2.45) is 23.8 Å². The van der Waals surface area contributed by atoms with Gasteiger partial charge in [0.25, 0.3) is 5.91 Å². The fourth-order valence-electron chi connectivity index (χ4n) is 4.99. The molecular formula is C19H24N4O3. The molecule has 0 bridgehead atoms. The number of amides is 1. The number of hydrogen-bond acceptors (Lipinski definition) is 4. The van der Waals surface area contributed by atoms with Gasteiger partial charge in [0, 0.05) is 26.3 Å². The van der Waals surface area contributed by atoms with E-state index < -0.39 is 5.41 Å². The molecule has 1 saturated heterocycles. The second-order valence-electron chi connectivity index (χ2n) is 8.22. The molecule has 0 unspecified atom stereocenters. The van der Waals surface area contributed by atoms with Crippen molar-refractivity contribution in [2.75, 3.05) is 20.2 Å². The highest BCUT2D eigenvalue weighted by Gasteiger charge is 2.68. The molecule has 7 heteroatoms. The van der Waals surface area contributed by atoms with Gasteiger partial charge in [-0.05, 0) is 36.0 Å². The molecule has 7 nitrogen and oxygen atoms in total. The molecule has 0 aromatic carbocycles. The third-order valence-electron chi connectivity index (χ3n) is 6.15. The van der Waals surface area contributed by atoms with Crippen LogP contribution < -0.4 is 0 Å². The van der Waals surface area contributed by atoms with E-state index in [0.717, 1.165) is 17.8 Å². The molecule has 3 heterocycles. The van der Waals surface area contributed by atoms with Crippen molar-refractivity contribution in [3.05, 3.63) is 30.1 Å². The first-order valence-electron chi connectivity index (χ1n) is 8.83. The van der Waals surface area contributed by atoms with Crippen LogP contribution in [0.5, 0.6) is 0 Å². The van der Waals surface area contributed by atoms with Gasteiger partial charge in [-0.1, -0.05) is 13.8 Å². The average Bonchev–Trinajstić information content (AvgIpc) is 3.30. The Balaban J connectivity index is 1.58. The second-order valence-corrected chi connectivity index (χ2v) is 8.22. The number of nitrogens with zero attached hydrogens (tertiary/aromatic N) is 3. The Bertz CT molecular complexity index is 881. The van der Waals surface area contributed by atoms with Gasteiger partial charge in [-0.2, -0.15) is 5.10 Å². The molecule has 1 amide bonds. The van der Waals surface area contributed by atoms with Crippen LogP contribution in [0.2, 0.25) is 0 Å². The zero-order valence-corrected chi connectivity index (χ0v) is 15.6. The van der Waals surface area contributed by atoms with Crippen LogP contribution in [0.15, 0.2) is 24.4 Å². The van der Waals surface area contributed by atoms with Crippen LogP contribution >= 0.6 is 0 Å². The lowest BCUT2D eigenvalue weighted by atomic mass is 9.48. The predicted molar refractivity (Wildman–Crippen MR) is 95.2 cm³/mol. The first-order valence-corrected chi connectivity index (χ1v) is 8.83. The third-order valence-corrected chi connectivity index (χ3v) is 6.15. The highest BCUT2D eigenvalue weighted by Crippen LogP contribution is 2.63. The number of carbonyl (C=O) groups is 2. The van der Waals surface area contributed by atoms with Gasteiger partial charge in [0.2, 0.25) is 0 Å². The summed E-state index contributed by atoms with van der Waals surface area (Å²) >= 11 is 0. The molecule has 1 aliphatic carbocycles. The number of rotatable bonds is 3. The summed E-state index contributed by atoms with van der Waals surface area (Å²) in [5.41, 5.74) is 1.58. The molecule has 1 N–H and O–H groups in total. The molecule has 1 saturated carbocycles. The van der Waals surface area contributed by atoms with Crippen molar-refractivity contribution in [2.45, 2.75) is 20.3 Å². The summed E-state index contributed by atoms with van der Waals surface area (Å²) in [6.45, 7) is 5.28. The van der Waals surface area contributed by atoms with Gasteiger partial charge in [0.15, 0.2) is 0 Å². The number of fused-ring (bicyclic) bond motifs is 1. The van der Waals surface area contributed by atoms with Crippen LogP contribution in [-0.4, -0.2) is 51.7 Å². The Morgan fingerprint density at radius 3 is 2.77 bits per heavy atom. The molecule has 138 valence electrons. The molecule has 2 aromatic heterocycles. The zero-order valence-electron chi connectivity index (χ0n) is 15.6. The second kappa shape index (κ2) is 5.46. The van der Waals surface area contributed by atoms with Crippen LogP contribution in [0.1, 0.15) is 30.8 Å². The number of H-pyrrole nitrogens is 1. The summed E-state index contributed by atoms with van der Waals surface area (Å²) in [6.07, 6.45) is 2.69. The van der Waals surface area contributed by atoms with Crippen molar-refractivity contribution in [1.82, 2.24) is 19.7 Å². The summed E-state index contributed by atoms with van der Waals surface area (Å²) < 4.78 is 7.01.